The molecule has 3 rings (SSSR count). The van der Waals surface area contributed by atoms with Crippen LogP contribution in [0, 0.1) is 0 Å². The Kier molecular flexibility index (Phi) is 15.0. The van der Waals surface area contributed by atoms with Crippen molar-refractivity contribution in [3.63, 3.8) is 0 Å². The van der Waals surface area contributed by atoms with Crippen molar-refractivity contribution in [2.75, 3.05) is 26.2 Å². The van der Waals surface area contributed by atoms with Crippen molar-refractivity contribution >= 4 is 23.6 Å². The van der Waals surface area contributed by atoms with Crippen molar-refractivity contribution in [2.45, 2.75) is 81.6 Å². The third-order valence-electron chi connectivity index (χ3n) is 8.29. The normalized spacial score (nSPS) is 19.6. The van der Waals surface area contributed by atoms with Gasteiger partial charge in [0.25, 0.3) is 0 Å². The molecule has 2 aromatic carbocycles. The lowest BCUT2D eigenvalue weighted by Gasteiger charge is -2.26. The number of aromatic hydroxyl groups is 2. The van der Waals surface area contributed by atoms with Gasteiger partial charge in [-0.2, -0.15) is 0 Å². The van der Waals surface area contributed by atoms with Crippen LogP contribution < -0.4 is 49.9 Å². The molecule has 0 aromatic heterocycles. The smallest absolute Gasteiger partial charge is 0.243 e. The van der Waals surface area contributed by atoms with E-state index in [4.69, 9.17) is 28.7 Å². The fourth-order valence-electron chi connectivity index (χ4n) is 5.51. The molecule has 1 aliphatic rings. The van der Waals surface area contributed by atoms with Crippen molar-refractivity contribution in [3.05, 3.63) is 47.5 Å². The summed E-state index contributed by atoms with van der Waals surface area (Å²) in [6.07, 6.45) is 1.99. The first-order valence-electron chi connectivity index (χ1n) is 16.4. The van der Waals surface area contributed by atoms with Crippen LogP contribution in [-0.2, 0) is 32.0 Å². The van der Waals surface area contributed by atoms with Crippen LogP contribution in [0.4, 0.5) is 0 Å². The number of benzene rings is 2. The van der Waals surface area contributed by atoms with Crippen LogP contribution in [0.3, 0.4) is 0 Å². The first kappa shape index (κ1) is 38.2. The van der Waals surface area contributed by atoms with Gasteiger partial charge in [-0.05, 0) is 98.3 Å². The summed E-state index contributed by atoms with van der Waals surface area (Å²) in [5.41, 5.74) is 31.4. The van der Waals surface area contributed by atoms with Gasteiger partial charge in [0.1, 0.15) is 23.6 Å². The molecule has 0 saturated heterocycles. The van der Waals surface area contributed by atoms with Crippen molar-refractivity contribution in [1.82, 2.24) is 21.3 Å². The highest BCUT2D eigenvalue weighted by molar-refractivity contribution is 5.93. The van der Waals surface area contributed by atoms with Gasteiger partial charge in [-0.25, -0.2) is 0 Å². The molecule has 264 valence electrons. The Labute approximate surface area is 280 Å². The average Bonchev–Trinajstić information content (AvgIpc) is 3.05. The molecule has 1 heterocycles. The lowest BCUT2D eigenvalue weighted by Crippen LogP contribution is -2.57. The third kappa shape index (κ3) is 11.5. The Balaban J connectivity index is 1.94. The van der Waals surface area contributed by atoms with Crippen LogP contribution in [0.25, 0.3) is 11.1 Å². The molecule has 2 aromatic rings. The molecule has 0 radical (unpaired) electrons. The second-order valence-electron chi connectivity index (χ2n) is 12.2. The quantitative estimate of drug-likeness (QED) is 0.108. The SMILES string of the molecule is NCCC[C@H](N)CNC(=O)CC(CCN)NC(=O)[C@@H]1Cc2cc(ccc2O)-c2ccc(O)c(c2)C[C@H](N)C(=O)N[C@@H](CCCN)C(=O)N1. The van der Waals surface area contributed by atoms with Gasteiger partial charge in [-0.1, -0.05) is 12.1 Å². The number of carbonyl (C=O) groups is 4. The number of fused-ring (bicyclic) bond motifs is 5. The van der Waals surface area contributed by atoms with Crippen LogP contribution >= 0.6 is 0 Å². The van der Waals surface area contributed by atoms with Gasteiger partial charge in [0, 0.05) is 37.9 Å². The Morgan fingerprint density at radius 2 is 1.48 bits per heavy atom. The van der Waals surface area contributed by atoms with E-state index in [0.717, 1.165) is 6.42 Å². The van der Waals surface area contributed by atoms with Gasteiger partial charge in [-0.3, -0.25) is 19.2 Å². The van der Waals surface area contributed by atoms with Crippen LogP contribution in [0.5, 0.6) is 11.5 Å². The van der Waals surface area contributed by atoms with Crippen LogP contribution in [0.2, 0.25) is 0 Å². The van der Waals surface area contributed by atoms with Crippen molar-refractivity contribution in [1.29, 1.82) is 0 Å². The molecule has 0 spiro atoms. The molecule has 0 aliphatic carbocycles. The fraction of sp³-hybridized carbons (Fsp3) is 0.515. The standard InChI is InChI=1S/C33H51N9O6/c34-10-1-3-23(37)18-39-30(45)17-24(9-12-36)40-33(48)27-16-22-14-20(6-8-29(22)44)19-5-7-28(43)21(13-19)15-25(38)31(46)41-26(4-2-11-35)32(47)42-27/h5-8,13-14,23-27,43-44H,1-4,9-12,15-18,34-38H2,(H,39,45)(H,40,48)(H,41,46)(H,42,47)/t23-,24?,25-,26-,27-/m0/s1. The van der Waals surface area contributed by atoms with Gasteiger partial charge in [-0.15, -0.1) is 0 Å². The highest BCUT2D eigenvalue weighted by atomic mass is 16.3. The lowest BCUT2D eigenvalue weighted by molar-refractivity contribution is -0.133. The van der Waals surface area contributed by atoms with Gasteiger partial charge >= 0.3 is 0 Å². The number of amides is 4. The molecule has 4 bridgehead atoms. The zero-order chi connectivity index (χ0) is 35.2. The van der Waals surface area contributed by atoms with Gasteiger partial charge in [0.15, 0.2) is 0 Å². The molecule has 4 amide bonds. The van der Waals surface area contributed by atoms with Crippen molar-refractivity contribution in [2.24, 2.45) is 28.7 Å². The monoisotopic (exact) mass is 669 g/mol. The van der Waals surface area contributed by atoms with E-state index in [2.05, 4.69) is 21.3 Å². The van der Waals surface area contributed by atoms with Crippen molar-refractivity contribution < 1.29 is 29.4 Å². The number of nitrogens with one attached hydrogen (secondary N) is 4. The number of hydrogen-bond acceptors (Lipinski definition) is 11. The van der Waals surface area contributed by atoms with E-state index in [1.807, 2.05) is 0 Å². The van der Waals surface area contributed by atoms with Gasteiger partial charge < -0.3 is 60.1 Å². The predicted molar refractivity (Wildman–Crippen MR) is 182 cm³/mol. The van der Waals surface area contributed by atoms with Crippen LogP contribution in [0.15, 0.2) is 36.4 Å². The molecule has 16 N–H and O–H groups in total. The molecule has 15 nitrogen and oxygen atoms in total. The highest BCUT2D eigenvalue weighted by Gasteiger charge is 2.31. The van der Waals surface area contributed by atoms with E-state index in [0.29, 0.717) is 41.6 Å². The second-order valence-corrected chi connectivity index (χ2v) is 12.2. The molecule has 48 heavy (non-hydrogen) atoms. The third-order valence-corrected chi connectivity index (χ3v) is 8.29. The van der Waals surface area contributed by atoms with E-state index in [9.17, 15) is 29.4 Å². The van der Waals surface area contributed by atoms with E-state index in [-0.39, 0.29) is 75.2 Å². The molecule has 1 unspecified atom stereocenters. The van der Waals surface area contributed by atoms with E-state index >= 15 is 0 Å². The number of nitrogens with two attached hydrogens (primary N) is 5. The van der Waals surface area contributed by atoms with Crippen molar-refractivity contribution in [3.8, 4) is 22.6 Å². The molecule has 0 saturated carbocycles. The minimum atomic E-state index is -1.22. The fourth-order valence-corrected chi connectivity index (χ4v) is 5.51. The molecule has 15 heteroatoms. The zero-order valence-electron chi connectivity index (χ0n) is 27.3. The van der Waals surface area contributed by atoms with Crippen LogP contribution in [0.1, 0.15) is 49.7 Å². The van der Waals surface area contributed by atoms with Gasteiger partial charge in [0.2, 0.25) is 23.6 Å². The maximum Gasteiger partial charge on any atom is 0.243 e. The topological polar surface area (TPSA) is 287 Å². The average molecular weight is 670 g/mol. The van der Waals surface area contributed by atoms with Crippen LogP contribution in [-0.4, -0.2) is 90.2 Å². The largest absolute Gasteiger partial charge is 0.508 e. The summed E-state index contributed by atoms with van der Waals surface area (Å²) in [4.78, 5) is 53.4. The lowest BCUT2D eigenvalue weighted by atomic mass is 9.95. The summed E-state index contributed by atoms with van der Waals surface area (Å²) >= 11 is 0. The molecule has 5 atom stereocenters. The summed E-state index contributed by atoms with van der Waals surface area (Å²) in [5, 5.41) is 32.4. The number of hydrogen-bond donors (Lipinski definition) is 11. The first-order chi connectivity index (χ1) is 22.9. The Morgan fingerprint density at radius 3 is 2.08 bits per heavy atom. The summed E-state index contributed by atoms with van der Waals surface area (Å²) in [7, 11) is 0. The van der Waals surface area contributed by atoms with E-state index in [1.54, 1.807) is 24.3 Å². The van der Waals surface area contributed by atoms with Gasteiger partial charge in [0.05, 0.1) is 6.04 Å². The van der Waals surface area contributed by atoms with E-state index in [1.165, 1.54) is 12.1 Å². The second kappa shape index (κ2) is 18.9. The maximum absolute atomic E-state index is 13.8. The number of phenols is 2. The summed E-state index contributed by atoms with van der Waals surface area (Å²) in [5.74, 6) is -2.37. The number of carbonyl (C=O) groups excluding carboxylic acids is 4. The maximum atomic E-state index is 13.8. The minimum absolute atomic E-state index is 0.0115. The predicted octanol–water partition coefficient (Wildman–Crippen LogP) is -1.69. The zero-order valence-corrected chi connectivity index (χ0v) is 27.3. The Hall–Kier alpha value is -4.28. The summed E-state index contributed by atoms with van der Waals surface area (Å²) < 4.78 is 0. The molecular formula is C33H51N9O6. The summed E-state index contributed by atoms with van der Waals surface area (Å²) in [6, 6.07) is 5.38. The summed E-state index contributed by atoms with van der Waals surface area (Å²) in [6.45, 7) is 1.17. The molecular weight excluding hydrogens is 618 g/mol. The Bertz CT molecular complexity index is 1410. The number of phenolic OH excluding ortho intramolecular Hbond substituents is 2. The Morgan fingerprint density at radius 1 is 0.854 bits per heavy atom. The number of rotatable bonds is 14. The minimum Gasteiger partial charge on any atom is -0.508 e. The van der Waals surface area contributed by atoms with E-state index < -0.39 is 41.9 Å². The first-order valence-corrected chi connectivity index (χ1v) is 16.4. The molecule has 0 fully saturated rings. The highest BCUT2D eigenvalue weighted by Crippen LogP contribution is 2.31. The molecule has 1 aliphatic heterocycles.